The Kier molecular flexibility index (Phi) is 7.37. The zero-order valence-corrected chi connectivity index (χ0v) is 16.8. The molecule has 0 bridgehead atoms. The third-order valence-electron chi connectivity index (χ3n) is 3.95. The fourth-order valence-electron chi connectivity index (χ4n) is 2.51. The number of hydrogen-bond acceptors (Lipinski definition) is 3. The summed E-state index contributed by atoms with van der Waals surface area (Å²) < 4.78 is 33.0. The number of halogens is 2. The van der Waals surface area contributed by atoms with E-state index in [1.165, 1.54) is 16.6 Å². The van der Waals surface area contributed by atoms with Crippen molar-refractivity contribution in [2.45, 2.75) is 44.4 Å². The smallest absolute Gasteiger partial charge is 0.244 e. The van der Waals surface area contributed by atoms with E-state index in [1.54, 1.807) is 18.2 Å². The molecule has 138 valence electrons. The molecule has 0 amide bonds. The van der Waals surface area contributed by atoms with Gasteiger partial charge in [0.2, 0.25) is 10.0 Å². The van der Waals surface area contributed by atoms with Crippen LogP contribution < -0.4 is 0 Å². The lowest BCUT2D eigenvalue weighted by Gasteiger charge is -2.23. The van der Waals surface area contributed by atoms with Crippen LogP contribution in [0.3, 0.4) is 0 Å². The summed E-state index contributed by atoms with van der Waals surface area (Å²) in [6.07, 6.45) is 4.98. The first kappa shape index (κ1) is 20.3. The molecule has 0 radical (unpaired) electrons. The Bertz CT molecular complexity index is 781. The molecule has 0 aliphatic heterocycles. The van der Waals surface area contributed by atoms with Crippen LogP contribution in [0.15, 0.2) is 39.8 Å². The molecule has 1 aromatic carbocycles. The summed E-state index contributed by atoms with van der Waals surface area (Å²) in [6, 6.07) is 6.46. The number of sulfonamides is 1. The van der Waals surface area contributed by atoms with Gasteiger partial charge < -0.3 is 4.42 Å². The minimum Gasteiger partial charge on any atom is -0.464 e. The largest absolute Gasteiger partial charge is 0.464 e. The molecule has 0 unspecified atom stereocenters. The fourth-order valence-corrected chi connectivity index (χ4v) is 4.87. The highest BCUT2D eigenvalue weighted by atomic mass is 35.5. The van der Waals surface area contributed by atoms with Gasteiger partial charge in [-0.3, -0.25) is 0 Å². The Hall–Kier alpha value is -1.01. The Morgan fingerprint density at radius 3 is 2.20 bits per heavy atom. The number of hydrogen-bond donors (Lipinski definition) is 0. The van der Waals surface area contributed by atoms with Gasteiger partial charge in [0, 0.05) is 18.7 Å². The van der Waals surface area contributed by atoms with Crippen molar-refractivity contribution in [3.8, 4) is 11.3 Å². The molecule has 1 heterocycles. The molecule has 0 saturated carbocycles. The van der Waals surface area contributed by atoms with E-state index >= 15 is 0 Å². The third-order valence-corrected chi connectivity index (χ3v) is 6.62. The van der Waals surface area contributed by atoms with Crippen molar-refractivity contribution in [1.82, 2.24) is 4.31 Å². The molecule has 0 N–H and O–H groups in total. The molecule has 4 nitrogen and oxygen atoms in total. The summed E-state index contributed by atoms with van der Waals surface area (Å²) in [6.45, 7) is 5.03. The number of furan rings is 1. The van der Waals surface area contributed by atoms with Crippen LogP contribution in [0.2, 0.25) is 10.0 Å². The maximum Gasteiger partial charge on any atom is 0.244 e. The second-order valence-electron chi connectivity index (χ2n) is 5.85. The van der Waals surface area contributed by atoms with Crippen molar-refractivity contribution < 1.29 is 12.8 Å². The highest BCUT2D eigenvalue weighted by Crippen LogP contribution is 2.36. The summed E-state index contributed by atoms with van der Waals surface area (Å²) in [7, 11) is -3.70. The first-order valence-electron chi connectivity index (χ1n) is 8.44. The number of benzene rings is 1. The van der Waals surface area contributed by atoms with Gasteiger partial charge in [0.05, 0.1) is 16.3 Å². The molecule has 7 heteroatoms. The lowest BCUT2D eigenvalue weighted by molar-refractivity contribution is 0.395. The van der Waals surface area contributed by atoms with E-state index < -0.39 is 10.0 Å². The lowest BCUT2D eigenvalue weighted by Crippen LogP contribution is -2.33. The van der Waals surface area contributed by atoms with Crippen LogP contribution >= 0.6 is 23.2 Å². The SMILES string of the molecule is CCCCN(CCCC)S(=O)(=O)c1cc(Cl)c(-c2ccco2)cc1Cl. The normalized spacial score (nSPS) is 12.0. The summed E-state index contributed by atoms with van der Waals surface area (Å²) in [4.78, 5) is 0.0432. The predicted octanol–water partition coefficient (Wildman–Crippen LogP) is 5.84. The van der Waals surface area contributed by atoms with E-state index in [9.17, 15) is 8.42 Å². The average Bonchev–Trinajstić information content (AvgIpc) is 3.10. The Morgan fingerprint density at radius 1 is 1.04 bits per heavy atom. The topological polar surface area (TPSA) is 50.5 Å². The maximum atomic E-state index is 13.1. The number of nitrogens with zero attached hydrogens (tertiary/aromatic N) is 1. The van der Waals surface area contributed by atoms with E-state index in [0.29, 0.717) is 29.4 Å². The molecule has 0 aliphatic rings. The van der Waals surface area contributed by atoms with Crippen LogP contribution in [-0.4, -0.2) is 25.8 Å². The zero-order chi connectivity index (χ0) is 18.4. The Balaban J connectivity index is 2.41. The van der Waals surface area contributed by atoms with Crippen molar-refractivity contribution in [3.63, 3.8) is 0 Å². The molecular weight excluding hydrogens is 381 g/mol. The summed E-state index contributed by atoms with van der Waals surface area (Å²) in [5.41, 5.74) is 0.573. The highest BCUT2D eigenvalue weighted by Gasteiger charge is 2.27. The number of rotatable bonds is 9. The van der Waals surface area contributed by atoms with Crippen LogP contribution in [-0.2, 0) is 10.0 Å². The monoisotopic (exact) mass is 403 g/mol. The molecule has 0 atom stereocenters. The van der Waals surface area contributed by atoms with E-state index in [0.717, 1.165) is 25.7 Å². The van der Waals surface area contributed by atoms with Crippen LogP contribution in [0.1, 0.15) is 39.5 Å². The van der Waals surface area contributed by atoms with Gasteiger partial charge in [-0.2, -0.15) is 4.31 Å². The molecule has 0 fully saturated rings. The minimum atomic E-state index is -3.70. The molecular formula is C18H23Cl2NO3S. The van der Waals surface area contributed by atoms with Gasteiger partial charge in [0.1, 0.15) is 10.7 Å². The summed E-state index contributed by atoms with van der Waals surface area (Å²) in [5, 5.41) is 0.442. The Labute approximate surface area is 159 Å². The third kappa shape index (κ3) is 4.79. The van der Waals surface area contributed by atoms with Crippen molar-refractivity contribution in [2.24, 2.45) is 0 Å². The fraction of sp³-hybridized carbons (Fsp3) is 0.444. The van der Waals surface area contributed by atoms with E-state index in [-0.39, 0.29) is 9.92 Å². The molecule has 1 aromatic heterocycles. The predicted molar refractivity (Wildman–Crippen MR) is 103 cm³/mol. The second-order valence-corrected chi connectivity index (χ2v) is 8.57. The first-order valence-corrected chi connectivity index (χ1v) is 10.6. The van der Waals surface area contributed by atoms with Gasteiger partial charge in [0.25, 0.3) is 0 Å². The van der Waals surface area contributed by atoms with Crippen molar-refractivity contribution in [2.75, 3.05) is 13.1 Å². The molecule has 2 aromatic rings. The average molecular weight is 404 g/mol. The van der Waals surface area contributed by atoms with Gasteiger partial charge in [0.15, 0.2) is 0 Å². The van der Waals surface area contributed by atoms with Crippen LogP contribution in [0, 0.1) is 0 Å². The van der Waals surface area contributed by atoms with Gasteiger partial charge in [-0.15, -0.1) is 0 Å². The van der Waals surface area contributed by atoms with Crippen molar-refractivity contribution in [1.29, 1.82) is 0 Å². The first-order chi connectivity index (χ1) is 11.9. The van der Waals surface area contributed by atoms with Crippen LogP contribution in [0.4, 0.5) is 0 Å². The molecule has 25 heavy (non-hydrogen) atoms. The Morgan fingerprint density at radius 2 is 1.68 bits per heavy atom. The quantitative estimate of drug-likeness (QED) is 0.527. The zero-order valence-electron chi connectivity index (χ0n) is 14.5. The molecule has 0 aliphatic carbocycles. The number of unbranched alkanes of at least 4 members (excludes halogenated alkanes) is 2. The summed E-state index contributed by atoms with van der Waals surface area (Å²) in [5.74, 6) is 0.546. The lowest BCUT2D eigenvalue weighted by atomic mass is 10.2. The maximum absolute atomic E-state index is 13.1. The molecule has 0 saturated heterocycles. The summed E-state index contributed by atoms with van der Waals surface area (Å²) >= 11 is 12.6. The standard InChI is InChI=1S/C18H23Cl2NO3S/c1-3-5-9-21(10-6-4-2)25(22,23)18-13-15(19)14(12-16(18)20)17-8-7-11-24-17/h7-8,11-13H,3-6,9-10H2,1-2H3. The molecule has 2 rings (SSSR count). The van der Waals surface area contributed by atoms with E-state index in [2.05, 4.69) is 0 Å². The van der Waals surface area contributed by atoms with Gasteiger partial charge in [-0.1, -0.05) is 49.9 Å². The van der Waals surface area contributed by atoms with Crippen LogP contribution in [0.25, 0.3) is 11.3 Å². The van der Waals surface area contributed by atoms with Gasteiger partial charge in [-0.25, -0.2) is 8.42 Å². The van der Waals surface area contributed by atoms with Crippen LogP contribution in [0.5, 0.6) is 0 Å². The highest BCUT2D eigenvalue weighted by molar-refractivity contribution is 7.89. The second kappa shape index (κ2) is 9.08. The minimum absolute atomic E-state index is 0.0432. The van der Waals surface area contributed by atoms with E-state index in [4.69, 9.17) is 27.6 Å². The van der Waals surface area contributed by atoms with E-state index in [1.807, 2.05) is 13.8 Å². The van der Waals surface area contributed by atoms with Crippen molar-refractivity contribution in [3.05, 3.63) is 40.6 Å². The van der Waals surface area contributed by atoms with Gasteiger partial charge in [-0.05, 0) is 37.1 Å². The van der Waals surface area contributed by atoms with Gasteiger partial charge >= 0.3 is 0 Å². The molecule has 0 spiro atoms. The van der Waals surface area contributed by atoms with Crippen molar-refractivity contribution >= 4 is 33.2 Å².